The lowest BCUT2D eigenvalue weighted by Gasteiger charge is -2.13. The largest absolute Gasteiger partial charge is 0.497 e. The molecule has 1 heterocycles. The molecule has 0 amide bonds. The molecule has 0 unspecified atom stereocenters. The Kier molecular flexibility index (Phi) is 7.30. The fourth-order valence-corrected chi connectivity index (χ4v) is 3.96. The van der Waals surface area contributed by atoms with E-state index in [4.69, 9.17) is 19.2 Å². The number of hydrogen-bond acceptors (Lipinski definition) is 4. The molecule has 4 aromatic rings. The normalized spacial score (nSPS) is 10.8. The van der Waals surface area contributed by atoms with Crippen molar-refractivity contribution >= 4 is 11.0 Å². The van der Waals surface area contributed by atoms with Crippen LogP contribution in [0.2, 0.25) is 0 Å². The number of aromatic nitrogens is 2. The van der Waals surface area contributed by atoms with Crippen molar-refractivity contribution < 1.29 is 14.2 Å². The van der Waals surface area contributed by atoms with Crippen LogP contribution >= 0.6 is 0 Å². The summed E-state index contributed by atoms with van der Waals surface area (Å²) in [6.45, 7) is 5.27. The minimum absolute atomic E-state index is 0.623. The van der Waals surface area contributed by atoms with E-state index in [0.717, 1.165) is 71.0 Å². The summed E-state index contributed by atoms with van der Waals surface area (Å²) in [5, 5.41) is 0. The van der Waals surface area contributed by atoms with Gasteiger partial charge in [-0.1, -0.05) is 36.4 Å². The Labute approximate surface area is 195 Å². The Morgan fingerprint density at radius 3 is 2.61 bits per heavy atom. The summed E-state index contributed by atoms with van der Waals surface area (Å²) in [6, 6.07) is 22.4. The van der Waals surface area contributed by atoms with Gasteiger partial charge in [0.1, 0.15) is 11.6 Å². The molecule has 0 N–H and O–H groups in total. The molecule has 1 aromatic heterocycles. The fraction of sp³-hybridized carbons (Fsp3) is 0.250. The van der Waals surface area contributed by atoms with Crippen LogP contribution in [0.15, 0.2) is 79.4 Å². The second-order valence-corrected chi connectivity index (χ2v) is 7.84. The van der Waals surface area contributed by atoms with Crippen LogP contribution in [-0.2, 0) is 13.0 Å². The number of allylic oxidation sites excluding steroid dienone is 1. The lowest BCUT2D eigenvalue weighted by Crippen LogP contribution is -2.05. The number of fused-ring (bicyclic) bond motifs is 1. The van der Waals surface area contributed by atoms with E-state index >= 15 is 0 Å². The van der Waals surface area contributed by atoms with Gasteiger partial charge in [0, 0.05) is 12.1 Å². The molecule has 0 aliphatic heterocycles. The van der Waals surface area contributed by atoms with Gasteiger partial charge in [0.15, 0.2) is 11.5 Å². The lowest BCUT2D eigenvalue weighted by molar-refractivity contribution is 0.284. The third kappa shape index (κ3) is 5.20. The molecule has 0 bridgehead atoms. The van der Waals surface area contributed by atoms with Crippen molar-refractivity contribution in [2.24, 2.45) is 0 Å². The molecular formula is C28H30N2O3. The van der Waals surface area contributed by atoms with Crippen molar-refractivity contribution in [3.8, 4) is 28.6 Å². The molecule has 0 saturated carbocycles. The summed E-state index contributed by atoms with van der Waals surface area (Å²) in [6.07, 6.45) is 4.58. The van der Waals surface area contributed by atoms with Gasteiger partial charge in [-0.25, -0.2) is 4.98 Å². The zero-order valence-electron chi connectivity index (χ0n) is 19.3. The van der Waals surface area contributed by atoms with Crippen LogP contribution in [0.1, 0.15) is 18.4 Å². The molecule has 0 spiro atoms. The molecule has 170 valence electrons. The lowest BCUT2D eigenvalue weighted by atomic mass is 10.1. The van der Waals surface area contributed by atoms with E-state index in [1.54, 1.807) is 14.2 Å². The quantitative estimate of drug-likeness (QED) is 0.202. The second kappa shape index (κ2) is 10.7. The van der Waals surface area contributed by atoms with Gasteiger partial charge >= 0.3 is 0 Å². The fourth-order valence-electron chi connectivity index (χ4n) is 3.96. The van der Waals surface area contributed by atoms with Crippen LogP contribution < -0.4 is 14.2 Å². The summed E-state index contributed by atoms with van der Waals surface area (Å²) in [5.41, 5.74) is 4.34. The molecule has 0 fully saturated rings. The van der Waals surface area contributed by atoms with Crippen LogP contribution in [0.25, 0.3) is 22.4 Å². The van der Waals surface area contributed by atoms with Gasteiger partial charge in [-0.05, 0) is 61.2 Å². The summed E-state index contributed by atoms with van der Waals surface area (Å²) in [7, 11) is 3.36. The highest BCUT2D eigenvalue weighted by atomic mass is 16.5. The number of imidazole rings is 1. The number of nitrogens with zero attached hydrogens (tertiary/aromatic N) is 2. The SMILES string of the molecule is C=CCc1ccc(OCCCCn2c(-c3cccc(OC)c3)nc3ccccc32)c(OC)c1. The minimum Gasteiger partial charge on any atom is -0.497 e. The average Bonchev–Trinajstić information content (AvgIpc) is 3.23. The van der Waals surface area contributed by atoms with Crippen LogP contribution in [-0.4, -0.2) is 30.4 Å². The molecular weight excluding hydrogens is 412 g/mol. The predicted molar refractivity (Wildman–Crippen MR) is 133 cm³/mol. The number of ether oxygens (including phenoxy) is 3. The zero-order chi connectivity index (χ0) is 23.0. The highest BCUT2D eigenvalue weighted by molar-refractivity contribution is 5.80. The second-order valence-electron chi connectivity index (χ2n) is 7.84. The van der Waals surface area contributed by atoms with Gasteiger partial charge in [-0.2, -0.15) is 0 Å². The van der Waals surface area contributed by atoms with E-state index in [-0.39, 0.29) is 0 Å². The van der Waals surface area contributed by atoms with Crippen LogP contribution in [0.3, 0.4) is 0 Å². The number of hydrogen-bond donors (Lipinski definition) is 0. The van der Waals surface area contributed by atoms with Crippen LogP contribution in [0, 0.1) is 0 Å². The molecule has 0 radical (unpaired) electrons. The molecule has 0 saturated heterocycles. The molecule has 0 aliphatic rings. The van der Waals surface area contributed by atoms with E-state index in [2.05, 4.69) is 41.5 Å². The van der Waals surface area contributed by atoms with Gasteiger partial charge in [0.2, 0.25) is 0 Å². The number of para-hydroxylation sites is 2. The molecule has 5 heteroatoms. The molecule has 4 rings (SSSR count). The maximum atomic E-state index is 6.02. The molecule has 5 nitrogen and oxygen atoms in total. The van der Waals surface area contributed by atoms with Gasteiger partial charge < -0.3 is 18.8 Å². The number of aryl methyl sites for hydroxylation is 1. The van der Waals surface area contributed by atoms with Crippen molar-refractivity contribution in [3.63, 3.8) is 0 Å². The highest BCUT2D eigenvalue weighted by Crippen LogP contribution is 2.30. The summed E-state index contributed by atoms with van der Waals surface area (Å²) >= 11 is 0. The van der Waals surface area contributed by atoms with Gasteiger partial charge in [-0.15, -0.1) is 6.58 Å². The van der Waals surface area contributed by atoms with E-state index in [1.807, 2.05) is 42.5 Å². The van der Waals surface area contributed by atoms with Crippen molar-refractivity contribution in [1.82, 2.24) is 9.55 Å². The predicted octanol–water partition coefficient (Wildman–Crippen LogP) is 6.31. The Balaban J connectivity index is 1.44. The Morgan fingerprint density at radius 2 is 1.79 bits per heavy atom. The van der Waals surface area contributed by atoms with E-state index in [0.29, 0.717) is 6.61 Å². The molecule has 3 aromatic carbocycles. The molecule has 33 heavy (non-hydrogen) atoms. The maximum Gasteiger partial charge on any atom is 0.161 e. The summed E-state index contributed by atoms with van der Waals surface area (Å²) in [4.78, 5) is 4.90. The van der Waals surface area contributed by atoms with Gasteiger partial charge in [0.25, 0.3) is 0 Å². The number of unbranched alkanes of at least 4 members (excludes halogenated alkanes) is 1. The smallest absolute Gasteiger partial charge is 0.161 e. The third-order valence-electron chi connectivity index (χ3n) is 5.62. The number of benzene rings is 3. The number of methoxy groups -OCH3 is 2. The molecule has 0 aliphatic carbocycles. The van der Waals surface area contributed by atoms with E-state index in [1.165, 1.54) is 0 Å². The zero-order valence-corrected chi connectivity index (χ0v) is 19.3. The molecule has 0 atom stereocenters. The first-order chi connectivity index (χ1) is 16.2. The number of rotatable bonds is 11. The first kappa shape index (κ1) is 22.5. The Bertz CT molecular complexity index is 1230. The monoisotopic (exact) mass is 442 g/mol. The van der Waals surface area contributed by atoms with Crippen molar-refractivity contribution in [1.29, 1.82) is 0 Å². The van der Waals surface area contributed by atoms with Gasteiger partial charge in [0.05, 0.1) is 31.9 Å². The minimum atomic E-state index is 0.623. The van der Waals surface area contributed by atoms with E-state index < -0.39 is 0 Å². The first-order valence-corrected chi connectivity index (χ1v) is 11.2. The highest BCUT2D eigenvalue weighted by Gasteiger charge is 2.13. The van der Waals surface area contributed by atoms with Crippen LogP contribution in [0.4, 0.5) is 0 Å². The summed E-state index contributed by atoms with van der Waals surface area (Å²) in [5.74, 6) is 3.31. The Morgan fingerprint density at radius 1 is 0.909 bits per heavy atom. The maximum absolute atomic E-state index is 6.02. The standard InChI is InChI=1S/C28H30N2O3/c1-4-10-21-15-16-26(27(19-21)32-3)33-18-8-7-17-30-25-14-6-5-13-24(25)29-28(30)22-11-9-12-23(20-22)31-2/h4-6,9,11-16,19-20H,1,7-8,10,17-18H2,2-3H3. The first-order valence-electron chi connectivity index (χ1n) is 11.2. The van der Waals surface area contributed by atoms with E-state index in [9.17, 15) is 0 Å². The third-order valence-corrected chi connectivity index (χ3v) is 5.62. The van der Waals surface area contributed by atoms with Crippen molar-refractivity contribution in [2.75, 3.05) is 20.8 Å². The van der Waals surface area contributed by atoms with Crippen molar-refractivity contribution in [2.45, 2.75) is 25.8 Å². The Hall–Kier alpha value is -3.73. The van der Waals surface area contributed by atoms with Crippen molar-refractivity contribution in [3.05, 3.63) is 84.9 Å². The topological polar surface area (TPSA) is 45.5 Å². The summed E-state index contributed by atoms with van der Waals surface area (Å²) < 4.78 is 19.2. The average molecular weight is 443 g/mol. The van der Waals surface area contributed by atoms with Gasteiger partial charge in [-0.3, -0.25) is 0 Å². The van der Waals surface area contributed by atoms with Crippen LogP contribution in [0.5, 0.6) is 17.2 Å².